The summed E-state index contributed by atoms with van der Waals surface area (Å²) in [6.45, 7) is -3.11. The molecule has 0 spiro atoms. The number of ether oxygens (including phenoxy) is 1. The lowest BCUT2D eigenvalue weighted by atomic mass is 10.3. The number of rotatable bonds is 3. The Morgan fingerprint density at radius 1 is 1.29 bits per heavy atom. The molecule has 0 saturated carbocycles. The SMILES string of the molecule is Nc1cnc(C(F)F)cc1OC(F)F. The third-order valence-electron chi connectivity index (χ3n) is 1.36. The first-order valence-electron chi connectivity index (χ1n) is 3.49. The van der Waals surface area contributed by atoms with Gasteiger partial charge in [0.2, 0.25) is 0 Å². The molecule has 0 aliphatic rings. The van der Waals surface area contributed by atoms with Crippen molar-refractivity contribution in [3.63, 3.8) is 0 Å². The lowest BCUT2D eigenvalue weighted by Gasteiger charge is -2.08. The van der Waals surface area contributed by atoms with Crippen molar-refractivity contribution in [3.05, 3.63) is 18.0 Å². The van der Waals surface area contributed by atoms with E-state index in [2.05, 4.69) is 9.72 Å². The number of hydrogen-bond donors (Lipinski definition) is 1. The van der Waals surface area contributed by atoms with Crippen LogP contribution in [0.15, 0.2) is 12.3 Å². The van der Waals surface area contributed by atoms with Crippen molar-refractivity contribution in [1.29, 1.82) is 0 Å². The predicted molar refractivity (Wildman–Crippen MR) is 40.2 cm³/mol. The fraction of sp³-hybridized carbons (Fsp3) is 0.286. The molecule has 1 heterocycles. The van der Waals surface area contributed by atoms with E-state index in [4.69, 9.17) is 5.73 Å². The van der Waals surface area contributed by atoms with Crippen molar-refractivity contribution in [3.8, 4) is 5.75 Å². The Bertz CT molecular complexity index is 319. The molecule has 78 valence electrons. The van der Waals surface area contributed by atoms with Gasteiger partial charge in [-0.2, -0.15) is 8.78 Å². The summed E-state index contributed by atoms with van der Waals surface area (Å²) in [5, 5.41) is 0. The topological polar surface area (TPSA) is 48.1 Å². The highest BCUT2D eigenvalue weighted by molar-refractivity contribution is 5.51. The van der Waals surface area contributed by atoms with E-state index in [1.54, 1.807) is 0 Å². The lowest BCUT2D eigenvalue weighted by molar-refractivity contribution is -0.0495. The van der Waals surface area contributed by atoms with Crippen LogP contribution in [-0.2, 0) is 0 Å². The molecule has 0 amide bonds. The van der Waals surface area contributed by atoms with Crippen LogP contribution in [0.25, 0.3) is 0 Å². The van der Waals surface area contributed by atoms with Gasteiger partial charge in [-0.15, -0.1) is 0 Å². The number of pyridine rings is 1. The van der Waals surface area contributed by atoms with Gasteiger partial charge in [0.1, 0.15) is 5.69 Å². The molecular weight excluding hydrogens is 204 g/mol. The van der Waals surface area contributed by atoms with E-state index in [0.29, 0.717) is 6.07 Å². The predicted octanol–water partition coefficient (Wildman–Crippen LogP) is 2.20. The Hall–Kier alpha value is -1.53. The molecule has 0 atom stereocenters. The van der Waals surface area contributed by atoms with Crippen LogP contribution in [0.3, 0.4) is 0 Å². The highest BCUT2D eigenvalue weighted by Crippen LogP contribution is 2.27. The van der Waals surface area contributed by atoms with Crippen molar-refractivity contribution in [2.75, 3.05) is 5.73 Å². The summed E-state index contributed by atoms with van der Waals surface area (Å²) >= 11 is 0. The van der Waals surface area contributed by atoms with Crippen LogP contribution >= 0.6 is 0 Å². The van der Waals surface area contributed by atoms with Gasteiger partial charge in [0, 0.05) is 6.07 Å². The fourth-order valence-corrected chi connectivity index (χ4v) is 0.780. The monoisotopic (exact) mass is 210 g/mol. The minimum atomic E-state index is -3.11. The number of nitrogen functional groups attached to an aromatic ring is 1. The van der Waals surface area contributed by atoms with E-state index < -0.39 is 24.5 Å². The van der Waals surface area contributed by atoms with Gasteiger partial charge in [0.05, 0.1) is 11.9 Å². The minimum absolute atomic E-state index is 0.213. The van der Waals surface area contributed by atoms with Crippen LogP contribution in [0, 0.1) is 0 Å². The summed E-state index contributed by atoms with van der Waals surface area (Å²) in [7, 11) is 0. The Kier molecular flexibility index (Phi) is 3.10. The van der Waals surface area contributed by atoms with Gasteiger partial charge >= 0.3 is 6.61 Å². The molecule has 0 radical (unpaired) electrons. The molecule has 1 aromatic rings. The summed E-state index contributed by atoms with van der Waals surface area (Å²) < 4.78 is 51.5. The van der Waals surface area contributed by atoms with Crippen molar-refractivity contribution >= 4 is 5.69 Å². The largest absolute Gasteiger partial charge is 0.432 e. The van der Waals surface area contributed by atoms with E-state index in [9.17, 15) is 17.6 Å². The average molecular weight is 210 g/mol. The van der Waals surface area contributed by atoms with E-state index in [1.165, 1.54) is 0 Å². The van der Waals surface area contributed by atoms with Crippen LogP contribution in [0.4, 0.5) is 23.2 Å². The molecular formula is C7H6F4N2O. The minimum Gasteiger partial charge on any atom is -0.432 e. The number of aromatic nitrogens is 1. The Morgan fingerprint density at radius 3 is 2.43 bits per heavy atom. The van der Waals surface area contributed by atoms with Crippen molar-refractivity contribution < 1.29 is 22.3 Å². The molecule has 0 bridgehead atoms. The summed E-state index contributed by atoms with van der Waals surface area (Å²) in [6, 6.07) is 0.687. The second-order valence-corrected chi connectivity index (χ2v) is 2.33. The van der Waals surface area contributed by atoms with Crippen LogP contribution in [0.1, 0.15) is 12.1 Å². The Labute approximate surface area is 76.5 Å². The molecule has 3 nitrogen and oxygen atoms in total. The first kappa shape index (κ1) is 10.6. The van der Waals surface area contributed by atoms with Crippen LogP contribution in [-0.4, -0.2) is 11.6 Å². The Morgan fingerprint density at radius 2 is 1.93 bits per heavy atom. The summed E-state index contributed by atoms with van der Waals surface area (Å²) in [5.41, 5.74) is 4.30. The molecule has 0 aromatic carbocycles. The number of nitrogens with two attached hydrogens (primary N) is 1. The molecule has 2 N–H and O–H groups in total. The number of halogens is 4. The molecule has 1 rings (SSSR count). The van der Waals surface area contributed by atoms with Crippen molar-refractivity contribution in [2.45, 2.75) is 13.0 Å². The molecule has 1 aromatic heterocycles. The zero-order valence-electron chi connectivity index (χ0n) is 6.75. The van der Waals surface area contributed by atoms with E-state index in [-0.39, 0.29) is 5.69 Å². The number of nitrogens with zero attached hydrogens (tertiary/aromatic N) is 1. The average Bonchev–Trinajstić information content (AvgIpc) is 2.07. The summed E-state index contributed by atoms with van der Waals surface area (Å²) in [4.78, 5) is 3.25. The van der Waals surface area contributed by atoms with Crippen molar-refractivity contribution in [2.24, 2.45) is 0 Å². The molecule has 0 fully saturated rings. The van der Waals surface area contributed by atoms with Gasteiger partial charge in [0.25, 0.3) is 6.43 Å². The van der Waals surface area contributed by atoms with Crippen LogP contribution < -0.4 is 10.5 Å². The van der Waals surface area contributed by atoms with Crippen LogP contribution in [0.2, 0.25) is 0 Å². The van der Waals surface area contributed by atoms with E-state index in [1.807, 2.05) is 0 Å². The van der Waals surface area contributed by atoms with Crippen molar-refractivity contribution in [1.82, 2.24) is 4.98 Å². The molecule has 0 aliphatic carbocycles. The quantitative estimate of drug-likeness (QED) is 0.778. The molecule has 0 aliphatic heterocycles. The van der Waals surface area contributed by atoms with E-state index in [0.717, 1.165) is 6.20 Å². The maximum atomic E-state index is 12.1. The van der Waals surface area contributed by atoms with Gasteiger partial charge in [-0.25, -0.2) is 8.78 Å². The van der Waals surface area contributed by atoms with Gasteiger partial charge in [0.15, 0.2) is 5.75 Å². The fourth-order valence-electron chi connectivity index (χ4n) is 0.780. The van der Waals surface area contributed by atoms with Crippen LogP contribution in [0.5, 0.6) is 5.75 Å². The van der Waals surface area contributed by atoms with E-state index >= 15 is 0 Å². The zero-order valence-corrected chi connectivity index (χ0v) is 6.75. The highest BCUT2D eigenvalue weighted by Gasteiger charge is 2.14. The maximum Gasteiger partial charge on any atom is 0.387 e. The second kappa shape index (κ2) is 4.12. The number of hydrogen-bond acceptors (Lipinski definition) is 3. The molecule has 0 saturated heterocycles. The smallest absolute Gasteiger partial charge is 0.387 e. The number of anilines is 1. The first-order valence-corrected chi connectivity index (χ1v) is 3.49. The normalized spacial score (nSPS) is 11.0. The highest BCUT2D eigenvalue weighted by atomic mass is 19.3. The number of alkyl halides is 4. The first-order chi connectivity index (χ1) is 6.50. The van der Waals surface area contributed by atoms with Gasteiger partial charge in [-0.05, 0) is 0 Å². The van der Waals surface area contributed by atoms with Gasteiger partial charge in [-0.1, -0.05) is 0 Å². The maximum absolute atomic E-state index is 12.1. The third kappa shape index (κ3) is 2.48. The molecule has 14 heavy (non-hydrogen) atoms. The Balaban J connectivity index is 2.96. The lowest BCUT2D eigenvalue weighted by Crippen LogP contribution is -2.06. The third-order valence-corrected chi connectivity index (χ3v) is 1.36. The van der Waals surface area contributed by atoms with Gasteiger partial charge in [-0.3, -0.25) is 4.98 Å². The zero-order chi connectivity index (χ0) is 10.7. The van der Waals surface area contributed by atoms with Gasteiger partial charge < -0.3 is 10.5 Å². The molecule has 0 unspecified atom stereocenters. The standard InChI is InChI=1S/C7H6F4N2O/c8-6(9)4-1-5(14-7(10)11)3(12)2-13-4/h1-2,6-7H,12H2. The summed E-state index contributed by atoms with van der Waals surface area (Å²) in [5.74, 6) is -0.495. The second-order valence-electron chi connectivity index (χ2n) is 2.33. The summed E-state index contributed by atoms with van der Waals surface area (Å²) in [6.07, 6.45) is -2.00. The molecule has 7 heteroatoms.